The lowest BCUT2D eigenvalue weighted by molar-refractivity contribution is -0.184. The Balaban J connectivity index is 2.17. The van der Waals surface area contributed by atoms with Gasteiger partial charge in [0.15, 0.2) is 5.79 Å². The number of fused-ring (bicyclic) bond motifs is 1. The summed E-state index contributed by atoms with van der Waals surface area (Å²) in [6, 6.07) is 0. The lowest BCUT2D eigenvalue weighted by Crippen LogP contribution is -2.31. The van der Waals surface area contributed by atoms with Crippen molar-refractivity contribution in [2.24, 2.45) is 0 Å². The summed E-state index contributed by atoms with van der Waals surface area (Å²) in [7, 11) is 0. The Bertz CT molecular complexity index is 268. The number of aliphatic hydroxyl groups excluding tert-OH is 1. The average Bonchev–Trinajstić information content (AvgIpc) is 2.57. The second-order valence-corrected chi connectivity index (χ2v) is 4.01. The summed E-state index contributed by atoms with van der Waals surface area (Å²) in [5, 5.41) is 9.07. The third kappa shape index (κ3) is 1.43. The molecule has 0 bridgehead atoms. The Hall–Kier alpha value is -0.600. The zero-order valence-electron chi connectivity index (χ0n) is 8.27. The van der Waals surface area contributed by atoms with Gasteiger partial charge in [0.2, 0.25) is 0 Å². The molecule has 0 amide bonds. The van der Waals surface area contributed by atoms with Gasteiger partial charge in [-0.05, 0) is 13.8 Å². The molecule has 4 atom stereocenters. The molecule has 0 aromatic heterocycles. The first-order chi connectivity index (χ1) is 6.57. The maximum Gasteiger partial charge on any atom is 0.164 e. The Morgan fingerprint density at radius 3 is 2.57 bits per heavy atom. The van der Waals surface area contributed by atoms with Crippen LogP contribution >= 0.6 is 0 Å². The minimum atomic E-state index is -0.637. The summed E-state index contributed by atoms with van der Waals surface area (Å²) in [5.74, 6) is 1.86. The molecule has 0 radical (unpaired) electrons. The largest absolute Gasteiger partial charge is 0.394 e. The molecule has 2 aliphatic rings. The fourth-order valence-corrected chi connectivity index (χ4v) is 1.96. The van der Waals surface area contributed by atoms with Gasteiger partial charge >= 0.3 is 0 Å². The van der Waals surface area contributed by atoms with Gasteiger partial charge in [-0.15, -0.1) is 6.42 Å². The standard InChI is InChI=1S/C10H14O4/c1-4-6-8-9(7(5-11)12-6)14-10(2,3)13-8/h1,6-9,11H,5H2,2-3H3. The predicted octanol–water partition coefficient (Wildman–Crippen LogP) is -0.101. The van der Waals surface area contributed by atoms with Crippen molar-refractivity contribution in [2.45, 2.75) is 44.1 Å². The highest BCUT2D eigenvalue weighted by Gasteiger charge is 2.54. The lowest BCUT2D eigenvalue weighted by atomic mass is 10.1. The molecule has 2 fully saturated rings. The SMILES string of the molecule is C#CC1OC(CO)C2OC(C)(C)OC12. The number of aliphatic hydroxyl groups is 1. The quantitative estimate of drug-likeness (QED) is 0.598. The predicted molar refractivity (Wildman–Crippen MR) is 48.4 cm³/mol. The van der Waals surface area contributed by atoms with Crippen LogP contribution in [0.5, 0.6) is 0 Å². The molecule has 4 unspecified atom stereocenters. The maximum absolute atomic E-state index is 9.07. The van der Waals surface area contributed by atoms with Crippen LogP contribution < -0.4 is 0 Å². The number of rotatable bonds is 1. The van der Waals surface area contributed by atoms with Crippen molar-refractivity contribution in [1.29, 1.82) is 0 Å². The summed E-state index contributed by atoms with van der Waals surface area (Å²) in [6.45, 7) is 3.56. The molecule has 14 heavy (non-hydrogen) atoms. The van der Waals surface area contributed by atoms with Crippen molar-refractivity contribution >= 4 is 0 Å². The summed E-state index contributed by atoms with van der Waals surface area (Å²) in [6.07, 6.45) is 4.00. The van der Waals surface area contributed by atoms with E-state index in [1.54, 1.807) is 0 Å². The molecule has 0 saturated carbocycles. The molecule has 2 heterocycles. The molecule has 0 aliphatic carbocycles. The smallest absolute Gasteiger partial charge is 0.164 e. The van der Waals surface area contributed by atoms with Crippen LogP contribution in [-0.2, 0) is 14.2 Å². The Labute approximate surface area is 83.1 Å². The lowest BCUT2D eigenvalue weighted by Gasteiger charge is -2.21. The first-order valence-electron chi connectivity index (χ1n) is 4.65. The second kappa shape index (κ2) is 3.21. The third-order valence-electron chi connectivity index (χ3n) is 2.49. The van der Waals surface area contributed by atoms with Gasteiger partial charge in [-0.1, -0.05) is 5.92 Å². The molecular weight excluding hydrogens is 184 g/mol. The van der Waals surface area contributed by atoms with Crippen molar-refractivity contribution in [3.63, 3.8) is 0 Å². The van der Waals surface area contributed by atoms with Gasteiger partial charge in [0, 0.05) is 0 Å². The van der Waals surface area contributed by atoms with Crippen LogP contribution in [0.25, 0.3) is 0 Å². The normalized spacial score (nSPS) is 44.7. The Kier molecular flexibility index (Phi) is 2.28. The van der Waals surface area contributed by atoms with Gasteiger partial charge in [0.25, 0.3) is 0 Å². The van der Waals surface area contributed by atoms with Crippen LogP contribution in [0.4, 0.5) is 0 Å². The average molecular weight is 198 g/mol. The van der Waals surface area contributed by atoms with Gasteiger partial charge in [0.1, 0.15) is 24.4 Å². The molecule has 0 aromatic carbocycles. The fourth-order valence-electron chi connectivity index (χ4n) is 1.96. The summed E-state index contributed by atoms with van der Waals surface area (Å²) in [4.78, 5) is 0. The fraction of sp³-hybridized carbons (Fsp3) is 0.800. The van der Waals surface area contributed by atoms with Crippen LogP contribution in [0.3, 0.4) is 0 Å². The van der Waals surface area contributed by atoms with Crippen LogP contribution in [0.1, 0.15) is 13.8 Å². The molecule has 2 aliphatic heterocycles. The number of ether oxygens (including phenoxy) is 3. The van der Waals surface area contributed by atoms with Crippen LogP contribution in [0.2, 0.25) is 0 Å². The van der Waals surface area contributed by atoms with Gasteiger partial charge in [0.05, 0.1) is 6.61 Å². The van der Waals surface area contributed by atoms with E-state index >= 15 is 0 Å². The first kappa shape index (κ1) is 9.94. The van der Waals surface area contributed by atoms with E-state index in [0.29, 0.717) is 0 Å². The highest BCUT2D eigenvalue weighted by molar-refractivity contribution is 5.10. The van der Waals surface area contributed by atoms with Gasteiger partial charge in [-0.2, -0.15) is 0 Å². The van der Waals surface area contributed by atoms with Crippen molar-refractivity contribution in [1.82, 2.24) is 0 Å². The minimum absolute atomic E-state index is 0.0984. The van der Waals surface area contributed by atoms with Crippen LogP contribution in [0.15, 0.2) is 0 Å². The molecule has 4 nitrogen and oxygen atoms in total. The second-order valence-electron chi connectivity index (χ2n) is 4.01. The van der Waals surface area contributed by atoms with Crippen LogP contribution in [0, 0.1) is 12.3 Å². The van der Waals surface area contributed by atoms with E-state index in [2.05, 4.69) is 5.92 Å². The molecule has 1 N–H and O–H groups in total. The Morgan fingerprint density at radius 1 is 1.36 bits per heavy atom. The number of hydrogen-bond acceptors (Lipinski definition) is 4. The molecule has 0 spiro atoms. The summed E-state index contributed by atoms with van der Waals surface area (Å²) >= 11 is 0. The van der Waals surface area contributed by atoms with E-state index < -0.39 is 11.9 Å². The van der Waals surface area contributed by atoms with Crippen LogP contribution in [-0.4, -0.2) is 41.9 Å². The highest BCUT2D eigenvalue weighted by atomic mass is 16.8. The zero-order valence-corrected chi connectivity index (χ0v) is 8.27. The minimum Gasteiger partial charge on any atom is -0.394 e. The third-order valence-corrected chi connectivity index (χ3v) is 2.49. The van der Waals surface area contributed by atoms with Crippen molar-refractivity contribution in [3.8, 4) is 12.3 Å². The number of terminal acetylenes is 1. The molecule has 2 rings (SSSR count). The number of hydrogen-bond donors (Lipinski definition) is 1. The van der Waals surface area contributed by atoms with E-state index in [-0.39, 0.29) is 24.9 Å². The molecule has 2 saturated heterocycles. The van der Waals surface area contributed by atoms with Gasteiger partial charge < -0.3 is 19.3 Å². The summed E-state index contributed by atoms with van der Waals surface area (Å²) < 4.78 is 16.6. The van der Waals surface area contributed by atoms with E-state index in [1.807, 2.05) is 13.8 Å². The van der Waals surface area contributed by atoms with Gasteiger partial charge in [-0.3, -0.25) is 0 Å². The summed E-state index contributed by atoms with van der Waals surface area (Å²) in [5.41, 5.74) is 0. The van der Waals surface area contributed by atoms with E-state index in [1.165, 1.54) is 0 Å². The van der Waals surface area contributed by atoms with Crippen molar-refractivity contribution < 1.29 is 19.3 Å². The van der Waals surface area contributed by atoms with E-state index in [9.17, 15) is 0 Å². The monoisotopic (exact) mass is 198 g/mol. The van der Waals surface area contributed by atoms with E-state index in [0.717, 1.165) is 0 Å². The topological polar surface area (TPSA) is 47.9 Å². The highest BCUT2D eigenvalue weighted by Crippen LogP contribution is 2.38. The van der Waals surface area contributed by atoms with E-state index in [4.69, 9.17) is 25.7 Å². The molecule has 0 aromatic rings. The molecule has 78 valence electrons. The Morgan fingerprint density at radius 2 is 2.00 bits per heavy atom. The maximum atomic E-state index is 9.07. The van der Waals surface area contributed by atoms with Crippen molar-refractivity contribution in [2.75, 3.05) is 6.61 Å². The first-order valence-corrected chi connectivity index (χ1v) is 4.65. The molecule has 4 heteroatoms. The van der Waals surface area contributed by atoms with Crippen molar-refractivity contribution in [3.05, 3.63) is 0 Å². The molecular formula is C10H14O4. The zero-order chi connectivity index (χ0) is 10.3. The van der Waals surface area contributed by atoms with Gasteiger partial charge in [-0.25, -0.2) is 0 Å².